The highest BCUT2D eigenvalue weighted by Gasteiger charge is 2.17. The van der Waals surface area contributed by atoms with Gasteiger partial charge in [0.05, 0.1) is 12.7 Å². The lowest BCUT2D eigenvalue weighted by molar-refractivity contribution is 0.0334. The van der Waals surface area contributed by atoms with Crippen molar-refractivity contribution in [2.24, 2.45) is 11.3 Å². The highest BCUT2D eigenvalue weighted by molar-refractivity contribution is 4.72. The molecule has 0 bridgehead atoms. The molecule has 0 rings (SSSR count). The fraction of sp³-hybridized carbons (Fsp3) is 1.00. The number of aliphatic hydroxyl groups excluding tert-OH is 2. The van der Waals surface area contributed by atoms with Crippen molar-refractivity contribution in [2.75, 3.05) is 32.9 Å². The van der Waals surface area contributed by atoms with E-state index in [0.717, 1.165) is 26.0 Å². The van der Waals surface area contributed by atoms with Crippen molar-refractivity contribution in [1.82, 2.24) is 5.32 Å². The van der Waals surface area contributed by atoms with Gasteiger partial charge in [-0.05, 0) is 30.6 Å². The first-order chi connectivity index (χ1) is 8.87. The summed E-state index contributed by atoms with van der Waals surface area (Å²) in [7, 11) is 0. The number of aliphatic hydroxyl groups is 2. The van der Waals surface area contributed by atoms with E-state index < -0.39 is 6.10 Å². The lowest BCUT2D eigenvalue weighted by Crippen LogP contribution is -2.37. The van der Waals surface area contributed by atoms with E-state index in [-0.39, 0.29) is 12.0 Å². The Hall–Kier alpha value is -0.160. The highest BCUT2D eigenvalue weighted by atomic mass is 16.5. The second-order valence-corrected chi connectivity index (χ2v) is 6.53. The first kappa shape index (κ1) is 18.8. The van der Waals surface area contributed by atoms with Crippen LogP contribution >= 0.6 is 0 Å². The minimum Gasteiger partial charge on any atom is -0.396 e. The Kier molecular flexibility index (Phi) is 10.5. The maximum atomic E-state index is 9.75. The summed E-state index contributed by atoms with van der Waals surface area (Å²) in [6, 6.07) is 0. The molecule has 0 radical (unpaired) electrons. The average molecular weight is 275 g/mol. The zero-order valence-corrected chi connectivity index (χ0v) is 13.1. The van der Waals surface area contributed by atoms with Gasteiger partial charge in [0.25, 0.3) is 0 Å². The van der Waals surface area contributed by atoms with Gasteiger partial charge in [0, 0.05) is 26.3 Å². The minimum absolute atomic E-state index is 0.0621. The summed E-state index contributed by atoms with van der Waals surface area (Å²) in [6.07, 6.45) is 2.54. The van der Waals surface area contributed by atoms with Crippen molar-refractivity contribution in [2.45, 2.75) is 53.1 Å². The van der Waals surface area contributed by atoms with Gasteiger partial charge in [0.2, 0.25) is 0 Å². The van der Waals surface area contributed by atoms with Crippen molar-refractivity contribution in [3.05, 3.63) is 0 Å². The van der Waals surface area contributed by atoms with Crippen molar-refractivity contribution in [1.29, 1.82) is 0 Å². The van der Waals surface area contributed by atoms with Crippen molar-refractivity contribution >= 4 is 0 Å². The molecule has 0 amide bonds. The van der Waals surface area contributed by atoms with Crippen LogP contribution in [0.1, 0.15) is 47.0 Å². The third-order valence-corrected chi connectivity index (χ3v) is 3.15. The van der Waals surface area contributed by atoms with E-state index >= 15 is 0 Å². The van der Waals surface area contributed by atoms with Gasteiger partial charge in [-0.2, -0.15) is 0 Å². The van der Waals surface area contributed by atoms with Gasteiger partial charge in [-0.25, -0.2) is 0 Å². The molecule has 0 fully saturated rings. The van der Waals surface area contributed by atoms with E-state index in [1.165, 1.54) is 6.42 Å². The van der Waals surface area contributed by atoms with Crippen LogP contribution in [0.5, 0.6) is 0 Å². The molecule has 0 aromatic rings. The van der Waals surface area contributed by atoms with E-state index in [4.69, 9.17) is 9.84 Å². The van der Waals surface area contributed by atoms with Crippen LogP contribution in [0.4, 0.5) is 0 Å². The summed E-state index contributed by atoms with van der Waals surface area (Å²) in [6.45, 7) is 11.3. The largest absolute Gasteiger partial charge is 0.396 e. The summed E-state index contributed by atoms with van der Waals surface area (Å²) >= 11 is 0. The molecule has 0 aromatic heterocycles. The van der Waals surface area contributed by atoms with Crippen LogP contribution in [0, 0.1) is 11.3 Å². The Balaban J connectivity index is 3.46. The maximum Gasteiger partial charge on any atom is 0.0897 e. The highest BCUT2D eigenvalue weighted by Crippen LogP contribution is 2.17. The number of hydrogen-bond acceptors (Lipinski definition) is 4. The molecule has 0 aromatic carbocycles. The van der Waals surface area contributed by atoms with Crippen LogP contribution in [0.3, 0.4) is 0 Å². The Morgan fingerprint density at radius 1 is 1.26 bits per heavy atom. The molecule has 4 nitrogen and oxygen atoms in total. The van der Waals surface area contributed by atoms with Gasteiger partial charge in [-0.3, -0.25) is 0 Å². The summed E-state index contributed by atoms with van der Waals surface area (Å²) < 4.78 is 5.45. The van der Waals surface area contributed by atoms with E-state index in [9.17, 15) is 5.11 Å². The molecule has 116 valence electrons. The Labute approximate surface area is 118 Å². The number of hydrogen-bond donors (Lipinski definition) is 3. The smallest absolute Gasteiger partial charge is 0.0897 e. The summed E-state index contributed by atoms with van der Waals surface area (Å²) in [4.78, 5) is 0. The third-order valence-electron chi connectivity index (χ3n) is 3.15. The number of rotatable bonds is 12. The van der Waals surface area contributed by atoms with Gasteiger partial charge in [0.1, 0.15) is 0 Å². The topological polar surface area (TPSA) is 61.7 Å². The van der Waals surface area contributed by atoms with Crippen molar-refractivity contribution < 1.29 is 14.9 Å². The molecule has 0 aliphatic carbocycles. The van der Waals surface area contributed by atoms with Gasteiger partial charge >= 0.3 is 0 Å². The van der Waals surface area contributed by atoms with Crippen LogP contribution in [0.15, 0.2) is 0 Å². The average Bonchev–Trinajstić information content (AvgIpc) is 2.27. The quantitative estimate of drug-likeness (QED) is 0.475. The summed E-state index contributed by atoms with van der Waals surface area (Å²) in [5, 5.41) is 21.9. The second-order valence-electron chi connectivity index (χ2n) is 6.53. The predicted molar refractivity (Wildman–Crippen MR) is 79.3 cm³/mol. The van der Waals surface area contributed by atoms with Crippen LogP contribution in [0.25, 0.3) is 0 Å². The van der Waals surface area contributed by atoms with Crippen LogP contribution in [-0.4, -0.2) is 49.2 Å². The van der Waals surface area contributed by atoms with Crippen LogP contribution in [0.2, 0.25) is 0 Å². The van der Waals surface area contributed by atoms with E-state index in [2.05, 4.69) is 33.0 Å². The van der Waals surface area contributed by atoms with E-state index in [1.807, 2.05) is 0 Å². The molecule has 0 saturated carbocycles. The molecule has 19 heavy (non-hydrogen) atoms. The second kappa shape index (κ2) is 10.6. The number of nitrogens with one attached hydrogen (secondary N) is 1. The summed E-state index contributed by atoms with van der Waals surface area (Å²) in [5.74, 6) is 0.712. The molecule has 0 aliphatic heterocycles. The van der Waals surface area contributed by atoms with Gasteiger partial charge in [-0.1, -0.05) is 27.7 Å². The fourth-order valence-electron chi connectivity index (χ4n) is 1.84. The molecular weight excluding hydrogens is 242 g/mol. The lowest BCUT2D eigenvalue weighted by atomic mass is 9.90. The molecule has 0 aliphatic rings. The summed E-state index contributed by atoms with van der Waals surface area (Å²) in [5.41, 5.74) is 0.0621. The molecule has 0 saturated heterocycles. The lowest BCUT2D eigenvalue weighted by Gasteiger charge is -2.24. The van der Waals surface area contributed by atoms with Crippen molar-refractivity contribution in [3.63, 3.8) is 0 Å². The zero-order chi connectivity index (χ0) is 14.7. The normalized spacial score (nSPS) is 14.1. The molecule has 0 spiro atoms. The van der Waals surface area contributed by atoms with Crippen LogP contribution in [-0.2, 0) is 4.74 Å². The Morgan fingerprint density at radius 2 is 1.95 bits per heavy atom. The van der Waals surface area contributed by atoms with Crippen LogP contribution < -0.4 is 5.32 Å². The van der Waals surface area contributed by atoms with Gasteiger partial charge < -0.3 is 20.3 Å². The number of ether oxygens (including phenoxy) is 1. The predicted octanol–water partition coefficient (Wildman–Crippen LogP) is 1.80. The standard InChI is InChI=1S/C15H33NO3/c1-13(2)6-5-9-19-11-14(18)10-16-12-15(3,4)7-8-17/h13-14,16-18H,5-12H2,1-4H3. The molecule has 4 heteroatoms. The first-order valence-corrected chi connectivity index (χ1v) is 7.45. The first-order valence-electron chi connectivity index (χ1n) is 7.45. The molecule has 1 atom stereocenters. The maximum absolute atomic E-state index is 9.75. The third kappa shape index (κ3) is 12.6. The molecule has 1 unspecified atom stereocenters. The molecule has 3 N–H and O–H groups in total. The molecule has 0 heterocycles. The van der Waals surface area contributed by atoms with E-state index in [0.29, 0.717) is 19.1 Å². The monoisotopic (exact) mass is 275 g/mol. The Morgan fingerprint density at radius 3 is 2.53 bits per heavy atom. The van der Waals surface area contributed by atoms with Gasteiger partial charge in [0.15, 0.2) is 0 Å². The Bertz CT molecular complexity index is 208. The minimum atomic E-state index is -0.455. The zero-order valence-electron chi connectivity index (χ0n) is 13.1. The molecular formula is C15H33NO3. The SMILES string of the molecule is CC(C)CCCOCC(O)CNCC(C)(C)CCO. The van der Waals surface area contributed by atoms with Crippen molar-refractivity contribution in [3.8, 4) is 0 Å². The fourth-order valence-corrected chi connectivity index (χ4v) is 1.84. The van der Waals surface area contributed by atoms with E-state index in [1.54, 1.807) is 0 Å². The van der Waals surface area contributed by atoms with Gasteiger partial charge in [-0.15, -0.1) is 0 Å².